The summed E-state index contributed by atoms with van der Waals surface area (Å²) in [5, 5.41) is 1.26. The molecule has 0 bridgehead atoms. The lowest BCUT2D eigenvalue weighted by Crippen LogP contribution is -2.40. The van der Waals surface area contributed by atoms with Gasteiger partial charge in [0, 0.05) is 5.39 Å². The normalized spacial score (nSPS) is 13.2. The van der Waals surface area contributed by atoms with E-state index in [4.69, 9.17) is 8.84 Å². The predicted molar refractivity (Wildman–Crippen MR) is 83.7 cm³/mol. The van der Waals surface area contributed by atoms with E-state index >= 15 is 0 Å². The summed E-state index contributed by atoms with van der Waals surface area (Å²) in [6.45, 7) is 11.7. The van der Waals surface area contributed by atoms with Crippen molar-refractivity contribution in [3.8, 4) is 0 Å². The lowest BCUT2D eigenvalue weighted by Gasteiger charge is -2.35. The van der Waals surface area contributed by atoms with Gasteiger partial charge in [0.15, 0.2) is 13.9 Å². The fraction of sp³-hybridized carbons (Fsp3) is 0.500. The van der Waals surface area contributed by atoms with Crippen LogP contribution in [0, 0.1) is 0 Å². The molecule has 0 N–H and O–H groups in total. The molecule has 5 heteroatoms. The topological polar surface area (TPSA) is 35.3 Å². The van der Waals surface area contributed by atoms with Gasteiger partial charge < -0.3 is 8.84 Å². The minimum Gasteiger partial charge on any atom is -0.457 e. The smallest absolute Gasteiger partial charge is 0.192 e. The zero-order valence-corrected chi connectivity index (χ0v) is 14.7. The molecule has 0 spiro atoms. The monoisotopic (exact) mass is 341 g/mol. The van der Waals surface area contributed by atoms with Crippen molar-refractivity contribution in [1.29, 1.82) is 0 Å². The number of aromatic nitrogens is 1. The molecular weight excluding hydrogens is 322 g/mol. The number of hydrogen-bond acceptors (Lipinski definition) is 3. The van der Waals surface area contributed by atoms with Crippen molar-refractivity contribution >= 4 is 35.2 Å². The molecule has 2 aromatic rings. The van der Waals surface area contributed by atoms with E-state index in [2.05, 4.69) is 54.8 Å². The molecule has 0 saturated heterocycles. The Morgan fingerprint density at radius 2 is 2.00 bits per heavy atom. The first-order valence-corrected chi connectivity index (χ1v) is 10.1. The number of hydrogen-bond donors (Lipinski definition) is 0. The summed E-state index contributed by atoms with van der Waals surface area (Å²) in [5.74, 6) is 0.861. The van der Waals surface area contributed by atoms with Gasteiger partial charge in [-0.25, -0.2) is 4.98 Å². The molecule has 2 rings (SSSR count). The summed E-state index contributed by atoms with van der Waals surface area (Å²) in [5.41, 5.74) is 0.803. The third-order valence-corrected chi connectivity index (χ3v) is 8.72. The highest BCUT2D eigenvalue weighted by Crippen LogP contribution is 2.37. The fourth-order valence-electron chi connectivity index (χ4n) is 1.51. The summed E-state index contributed by atoms with van der Waals surface area (Å²) in [4.78, 5) is 4.16. The number of nitrogens with zero attached hydrogens (tertiary/aromatic N) is 1. The van der Waals surface area contributed by atoms with E-state index in [1.54, 1.807) is 6.20 Å². The van der Waals surface area contributed by atoms with Crippen molar-refractivity contribution in [2.45, 2.75) is 45.5 Å². The summed E-state index contributed by atoms with van der Waals surface area (Å²) in [6, 6.07) is 3.98. The second-order valence-corrected chi connectivity index (χ2v) is 11.9. The number of halogens is 1. The molecule has 0 atom stereocenters. The van der Waals surface area contributed by atoms with E-state index in [0.29, 0.717) is 6.61 Å². The van der Waals surface area contributed by atoms with Crippen LogP contribution in [0.1, 0.15) is 26.5 Å². The highest BCUT2D eigenvalue weighted by Gasteiger charge is 2.37. The Hall–Kier alpha value is -0.653. The van der Waals surface area contributed by atoms with Crippen LogP contribution in [0.25, 0.3) is 11.0 Å². The van der Waals surface area contributed by atoms with Crippen LogP contribution in [0.15, 0.2) is 27.3 Å². The molecule has 0 amide bonds. The molecule has 0 aliphatic heterocycles. The van der Waals surface area contributed by atoms with Gasteiger partial charge in [-0.15, -0.1) is 0 Å². The van der Waals surface area contributed by atoms with Crippen LogP contribution >= 0.6 is 15.9 Å². The van der Waals surface area contributed by atoms with Crippen LogP contribution in [0.5, 0.6) is 0 Å². The Kier molecular flexibility index (Phi) is 3.91. The molecule has 3 nitrogen and oxygen atoms in total. The molecule has 2 aromatic heterocycles. The average molecular weight is 342 g/mol. The van der Waals surface area contributed by atoms with Crippen molar-refractivity contribution in [1.82, 2.24) is 4.98 Å². The molecule has 0 aliphatic rings. The Morgan fingerprint density at radius 1 is 1.32 bits per heavy atom. The second-order valence-electron chi connectivity index (χ2n) is 6.31. The minimum atomic E-state index is -1.73. The minimum absolute atomic E-state index is 0.212. The van der Waals surface area contributed by atoms with Gasteiger partial charge in [0.2, 0.25) is 0 Å². The summed E-state index contributed by atoms with van der Waals surface area (Å²) >= 11 is 3.36. The van der Waals surface area contributed by atoms with Crippen LogP contribution < -0.4 is 0 Å². The standard InChI is InChI=1S/C14H20BrNO2Si/c1-14(2,3)19(4,5)17-9-11-6-10-7-13(15)16-8-12(10)18-11/h6-8H,9H2,1-5H3. The average Bonchev–Trinajstić information content (AvgIpc) is 2.67. The number of pyridine rings is 1. The quantitative estimate of drug-likeness (QED) is 0.574. The summed E-state index contributed by atoms with van der Waals surface area (Å²) in [7, 11) is -1.73. The summed E-state index contributed by atoms with van der Waals surface area (Å²) < 4.78 is 12.7. The maximum absolute atomic E-state index is 6.15. The van der Waals surface area contributed by atoms with Gasteiger partial charge in [0.25, 0.3) is 0 Å². The van der Waals surface area contributed by atoms with E-state index < -0.39 is 8.32 Å². The Bertz CT molecular complexity index is 587. The first-order valence-electron chi connectivity index (χ1n) is 6.37. The lowest BCUT2D eigenvalue weighted by atomic mass is 10.2. The first kappa shape index (κ1) is 14.7. The van der Waals surface area contributed by atoms with E-state index in [1.165, 1.54) is 0 Å². The van der Waals surface area contributed by atoms with Crippen LogP contribution in [0.3, 0.4) is 0 Å². The van der Waals surface area contributed by atoms with Crippen molar-refractivity contribution in [2.75, 3.05) is 0 Å². The molecule has 0 saturated carbocycles. The first-order chi connectivity index (χ1) is 8.69. The van der Waals surface area contributed by atoms with E-state index in [9.17, 15) is 0 Å². The molecule has 0 fully saturated rings. The molecule has 0 unspecified atom stereocenters. The Labute approximate surface area is 123 Å². The Balaban J connectivity index is 2.14. The maximum Gasteiger partial charge on any atom is 0.192 e. The van der Waals surface area contributed by atoms with Crippen LogP contribution in [-0.2, 0) is 11.0 Å². The van der Waals surface area contributed by atoms with Crippen LogP contribution in [0.2, 0.25) is 18.1 Å². The largest absolute Gasteiger partial charge is 0.457 e. The number of rotatable bonds is 3. The molecular formula is C14H20BrNO2Si. The number of fused-ring (bicyclic) bond motifs is 1. The zero-order valence-electron chi connectivity index (χ0n) is 12.1. The highest BCUT2D eigenvalue weighted by molar-refractivity contribution is 9.10. The maximum atomic E-state index is 6.15. The molecule has 104 valence electrons. The molecule has 2 heterocycles. The van der Waals surface area contributed by atoms with Gasteiger partial charge in [0.05, 0.1) is 12.8 Å². The van der Waals surface area contributed by atoms with Crippen molar-refractivity contribution in [2.24, 2.45) is 0 Å². The SMILES string of the molecule is CC(C)(C)[Si](C)(C)OCc1cc2cc(Br)ncc2o1. The van der Waals surface area contributed by atoms with Crippen LogP contribution in [0.4, 0.5) is 0 Å². The molecule has 0 aromatic carbocycles. The zero-order chi connectivity index (χ0) is 14.3. The van der Waals surface area contributed by atoms with Gasteiger partial charge in [0.1, 0.15) is 10.4 Å². The second kappa shape index (κ2) is 5.03. The van der Waals surface area contributed by atoms with Gasteiger partial charge in [-0.2, -0.15) is 0 Å². The molecule has 0 aliphatic carbocycles. The van der Waals surface area contributed by atoms with E-state index in [0.717, 1.165) is 21.3 Å². The molecule has 0 radical (unpaired) electrons. The van der Waals surface area contributed by atoms with Crippen molar-refractivity contribution in [3.05, 3.63) is 28.7 Å². The van der Waals surface area contributed by atoms with E-state index in [-0.39, 0.29) is 5.04 Å². The molecule has 19 heavy (non-hydrogen) atoms. The van der Waals surface area contributed by atoms with Crippen molar-refractivity contribution < 1.29 is 8.84 Å². The number of furan rings is 1. The van der Waals surface area contributed by atoms with E-state index in [1.807, 2.05) is 12.1 Å². The van der Waals surface area contributed by atoms with Gasteiger partial charge in [-0.1, -0.05) is 20.8 Å². The third-order valence-electron chi connectivity index (χ3n) is 3.80. The third kappa shape index (κ3) is 3.27. The highest BCUT2D eigenvalue weighted by atomic mass is 79.9. The lowest BCUT2D eigenvalue weighted by molar-refractivity contribution is 0.249. The Morgan fingerprint density at radius 3 is 2.63 bits per heavy atom. The van der Waals surface area contributed by atoms with Crippen molar-refractivity contribution in [3.63, 3.8) is 0 Å². The fourth-order valence-corrected chi connectivity index (χ4v) is 2.80. The predicted octanol–water partition coefficient (Wildman–Crippen LogP) is 5.11. The van der Waals surface area contributed by atoms with Gasteiger partial charge in [-0.05, 0) is 46.2 Å². The van der Waals surface area contributed by atoms with Gasteiger partial charge in [-0.3, -0.25) is 0 Å². The summed E-state index contributed by atoms with van der Waals surface area (Å²) in [6.07, 6.45) is 1.73. The van der Waals surface area contributed by atoms with Crippen LogP contribution in [-0.4, -0.2) is 13.3 Å². The van der Waals surface area contributed by atoms with Gasteiger partial charge >= 0.3 is 0 Å².